The maximum Gasteiger partial charge on any atom is 0.319 e. The minimum absolute atomic E-state index is 0.351. The maximum absolute atomic E-state index is 12.0. The zero-order chi connectivity index (χ0) is 15.9. The average Bonchev–Trinajstić information content (AvgIpc) is 2.50. The van der Waals surface area contributed by atoms with Crippen LogP contribution in [0.3, 0.4) is 0 Å². The summed E-state index contributed by atoms with van der Waals surface area (Å²) >= 11 is 3.32. The highest BCUT2D eigenvalue weighted by molar-refractivity contribution is 9.10. The molecule has 0 aliphatic carbocycles. The predicted molar refractivity (Wildman–Crippen MR) is 89.4 cm³/mol. The molecule has 5 nitrogen and oxygen atoms in total. The number of benzene rings is 2. The number of halogens is 1. The van der Waals surface area contributed by atoms with E-state index in [9.17, 15) is 9.59 Å². The van der Waals surface area contributed by atoms with Crippen molar-refractivity contribution >= 4 is 33.6 Å². The van der Waals surface area contributed by atoms with Crippen molar-refractivity contribution in [1.29, 1.82) is 0 Å². The Bertz CT molecular complexity index is 644. The lowest BCUT2D eigenvalue weighted by atomic mass is 10.1. The molecule has 0 fully saturated rings. The average molecular weight is 362 g/mol. The summed E-state index contributed by atoms with van der Waals surface area (Å²) in [7, 11) is 0. The molecule has 0 spiro atoms. The van der Waals surface area contributed by atoms with Crippen molar-refractivity contribution in [3.05, 3.63) is 64.6 Å². The van der Waals surface area contributed by atoms with E-state index in [0.717, 1.165) is 10.0 Å². The first-order chi connectivity index (χ1) is 10.5. The van der Waals surface area contributed by atoms with Gasteiger partial charge in [0.25, 0.3) is 0 Å². The number of carbonyl (C=O) groups is 2. The largest absolute Gasteiger partial charge is 0.368 e. The van der Waals surface area contributed by atoms with E-state index in [2.05, 4.69) is 26.6 Å². The lowest BCUT2D eigenvalue weighted by molar-refractivity contribution is -0.119. The Morgan fingerprint density at radius 3 is 2.27 bits per heavy atom. The summed E-state index contributed by atoms with van der Waals surface area (Å²) < 4.78 is 0.914. The number of nitrogens with one attached hydrogen (secondary N) is 2. The van der Waals surface area contributed by atoms with E-state index in [1.807, 2.05) is 42.5 Å². The third-order valence-corrected chi connectivity index (χ3v) is 3.56. The van der Waals surface area contributed by atoms with Crippen LogP contribution in [0.5, 0.6) is 0 Å². The molecule has 3 amide bonds. The molecule has 22 heavy (non-hydrogen) atoms. The Morgan fingerprint density at radius 1 is 1.05 bits per heavy atom. The molecule has 0 radical (unpaired) electrons. The van der Waals surface area contributed by atoms with Crippen LogP contribution in [0.2, 0.25) is 0 Å². The molecule has 0 bridgehead atoms. The van der Waals surface area contributed by atoms with Gasteiger partial charge in [0.1, 0.15) is 6.04 Å². The van der Waals surface area contributed by atoms with Crippen LogP contribution in [-0.2, 0) is 11.2 Å². The number of nitrogens with two attached hydrogens (primary N) is 1. The first kappa shape index (κ1) is 16.0. The van der Waals surface area contributed by atoms with Gasteiger partial charge in [0.2, 0.25) is 5.91 Å². The molecule has 2 rings (SSSR count). The molecule has 0 saturated heterocycles. The highest BCUT2D eigenvalue weighted by Gasteiger charge is 2.18. The van der Waals surface area contributed by atoms with Crippen LogP contribution in [0.1, 0.15) is 5.56 Å². The first-order valence-electron chi connectivity index (χ1n) is 6.71. The van der Waals surface area contributed by atoms with Crippen LogP contribution in [0.4, 0.5) is 10.5 Å². The molecule has 2 aromatic carbocycles. The van der Waals surface area contributed by atoms with Gasteiger partial charge < -0.3 is 16.4 Å². The van der Waals surface area contributed by atoms with E-state index in [1.54, 1.807) is 12.1 Å². The quantitative estimate of drug-likeness (QED) is 0.764. The first-order valence-corrected chi connectivity index (χ1v) is 7.50. The number of carbonyl (C=O) groups excluding carboxylic acids is 2. The van der Waals surface area contributed by atoms with Crippen molar-refractivity contribution in [2.75, 3.05) is 5.32 Å². The molecule has 0 aliphatic heterocycles. The Morgan fingerprint density at radius 2 is 1.68 bits per heavy atom. The standard InChI is InChI=1S/C16H16BrN3O2/c17-12-6-8-13(9-7-12)19-16(22)20-14(15(18)21)10-11-4-2-1-3-5-11/h1-9,14H,10H2,(H2,18,21)(H2,19,20,22)/t14-/m0/s1. The molecule has 6 heteroatoms. The van der Waals surface area contributed by atoms with Crippen molar-refractivity contribution in [2.24, 2.45) is 5.73 Å². The van der Waals surface area contributed by atoms with E-state index < -0.39 is 18.0 Å². The summed E-state index contributed by atoms with van der Waals surface area (Å²) in [6.45, 7) is 0. The summed E-state index contributed by atoms with van der Waals surface area (Å²) in [6, 6.07) is 15.3. The van der Waals surface area contributed by atoms with E-state index in [-0.39, 0.29) is 0 Å². The topological polar surface area (TPSA) is 84.2 Å². The van der Waals surface area contributed by atoms with Gasteiger partial charge in [-0.1, -0.05) is 46.3 Å². The third-order valence-electron chi connectivity index (χ3n) is 3.03. The van der Waals surface area contributed by atoms with Gasteiger partial charge in [-0.2, -0.15) is 0 Å². The van der Waals surface area contributed by atoms with Gasteiger partial charge in [0, 0.05) is 16.6 Å². The second kappa shape index (κ2) is 7.61. The minimum Gasteiger partial charge on any atom is -0.368 e. The molecule has 2 aromatic rings. The number of rotatable bonds is 5. The predicted octanol–water partition coefficient (Wildman–Crippen LogP) is 2.67. The molecule has 4 N–H and O–H groups in total. The Labute approximate surface area is 137 Å². The highest BCUT2D eigenvalue weighted by atomic mass is 79.9. The number of urea groups is 1. The molecule has 0 unspecified atom stereocenters. The Kier molecular flexibility index (Phi) is 5.55. The van der Waals surface area contributed by atoms with E-state index in [1.165, 1.54) is 0 Å². The normalized spacial score (nSPS) is 11.5. The fourth-order valence-corrected chi connectivity index (χ4v) is 2.20. The van der Waals surface area contributed by atoms with E-state index >= 15 is 0 Å². The molecule has 0 aliphatic rings. The third kappa shape index (κ3) is 4.89. The summed E-state index contributed by atoms with van der Waals surface area (Å²) in [5.74, 6) is -0.574. The van der Waals surface area contributed by atoms with Crippen molar-refractivity contribution in [2.45, 2.75) is 12.5 Å². The van der Waals surface area contributed by atoms with Crippen molar-refractivity contribution < 1.29 is 9.59 Å². The number of hydrogen-bond acceptors (Lipinski definition) is 2. The highest BCUT2D eigenvalue weighted by Crippen LogP contribution is 2.14. The summed E-state index contributed by atoms with van der Waals surface area (Å²) in [6.07, 6.45) is 0.351. The van der Waals surface area contributed by atoms with Crippen molar-refractivity contribution in [3.8, 4) is 0 Å². The lowest BCUT2D eigenvalue weighted by Crippen LogP contribution is -2.47. The Hall–Kier alpha value is -2.34. The summed E-state index contributed by atoms with van der Waals surface area (Å²) in [4.78, 5) is 23.5. The molecule has 0 aromatic heterocycles. The monoisotopic (exact) mass is 361 g/mol. The van der Waals surface area contributed by atoms with Gasteiger partial charge in [0.05, 0.1) is 0 Å². The second-order valence-corrected chi connectivity index (χ2v) is 5.67. The number of amides is 3. The minimum atomic E-state index is -0.766. The maximum atomic E-state index is 12.0. The number of primary amides is 1. The van der Waals surface area contributed by atoms with Gasteiger partial charge in [-0.3, -0.25) is 4.79 Å². The van der Waals surface area contributed by atoms with Crippen LogP contribution in [0.15, 0.2) is 59.1 Å². The zero-order valence-electron chi connectivity index (χ0n) is 11.8. The molecular weight excluding hydrogens is 346 g/mol. The van der Waals surface area contributed by atoms with E-state index in [4.69, 9.17) is 5.73 Å². The van der Waals surface area contributed by atoms with Gasteiger partial charge >= 0.3 is 6.03 Å². The molecular formula is C16H16BrN3O2. The van der Waals surface area contributed by atoms with Gasteiger partial charge in [-0.05, 0) is 29.8 Å². The number of hydrogen-bond donors (Lipinski definition) is 3. The second-order valence-electron chi connectivity index (χ2n) is 4.75. The zero-order valence-corrected chi connectivity index (χ0v) is 13.3. The van der Waals surface area contributed by atoms with Crippen LogP contribution in [0, 0.1) is 0 Å². The van der Waals surface area contributed by atoms with Crippen LogP contribution < -0.4 is 16.4 Å². The number of anilines is 1. The fourth-order valence-electron chi connectivity index (χ4n) is 1.93. The van der Waals surface area contributed by atoms with Gasteiger partial charge in [-0.15, -0.1) is 0 Å². The molecule has 0 heterocycles. The van der Waals surface area contributed by atoms with Crippen LogP contribution in [0.25, 0.3) is 0 Å². The van der Waals surface area contributed by atoms with Gasteiger partial charge in [-0.25, -0.2) is 4.79 Å². The van der Waals surface area contributed by atoms with Gasteiger partial charge in [0.15, 0.2) is 0 Å². The smallest absolute Gasteiger partial charge is 0.319 e. The van der Waals surface area contributed by atoms with Crippen molar-refractivity contribution in [3.63, 3.8) is 0 Å². The van der Waals surface area contributed by atoms with Crippen LogP contribution >= 0.6 is 15.9 Å². The molecule has 1 atom stereocenters. The Balaban J connectivity index is 1.97. The van der Waals surface area contributed by atoms with Crippen LogP contribution in [-0.4, -0.2) is 18.0 Å². The fraction of sp³-hybridized carbons (Fsp3) is 0.125. The molecule has 114 valence electrons. The molecule has 0 saturated carbocycles. The van der Waals surface area contributed by atoms with Crippen molar-refractivity contribution in [1.82, 2.24) is 5.32 Å². The van der Waals surface area contributed by atoms with E-state index in [0.29, 0.717) is 12.1 Å². The lowest BCUT2D eigenvalue weighted by Gasteiger charge is -2.16. The SMILES string of the molecule is NC(=O)[C@H](Cc1ccccc1)NC(=O)Nc1ccc(Br)cc1. The summed E-state index contributed by atoms with van der Waals surface area (Å²) in [5.41, 5.74) is 6.91. The summed E-state index contributed by atoms with van der Waals surface area (Å²) in [5, 5.41) is 5.25.